The summed E-state index contributed by atoms with van der Waals surface area (Å²) < 4.78 is 1.11. The summed E-state index contributed by atoms with van der Waals surface area (Å²) in [4.78, 5) is 3.29. The van der Waals surface area contributed by atoms with Crippen molar-refractivity contribution in [3.8, 4) is 0 Å². The Labute approximate surface area is 69.0 Å². The molecule has 1 nitrogen and oxygen atoms in total. The highest BCUT2D eigenvalue weighted by Gasteiger charge is 2.20. The number of aromatic nitrogens is 1. The van der Waals surface area contributed by atoms with Crippen molar-refractivity contribution < 1.29 is 0 Å². The molecule has 0 unspecified atom stereocenters. The van der Waals surface area contributed by atoms with Crippen LogP contribution < -0.4 is 0 Å². The van der Waals surface area contributed by atoms with E-state index >= 15 is 0 Å². The van der Waals surface area contributed by atoms with Crippen molar-refractivity contribution in [2.24, 2.45) is 0 Å². The molecule has 1 aliphatic carbocycles. The van der Waals surface area contributed by atoms with Crippen molar-refractivity contribution in [1.29, 1.82) is 0 Å². The first kappa shape index (κ1) is 6.47. The van der Waals surface area contributed by atoms with E-state index in [0.29, 0.717) is 0 Å². The second-order valence-electron chi connectivity index (χ2n) is 2.89. The van der Waals surface area contributed by atoms with Gasteiger partial charge in [-0.05, 0) is 46.8 Å². The maximum Gasteiger partial charge on any atom is 0.0822 e. The average Bonchev–Trinajstić information content (AvgIpc) is 2.10. The molecule has 0 aliphatic heterocycles. The van der Waals surface area contributed by atoms with Crippen LogP contribution in [-0.2, 0) is 0 Å². The Hall–Kier alpha value is -0.240. The summed E-state index contributed by atoms with van der Waals surface area (Å²) in [5.41, 5.74) is 1.40. The molecule has 0 spiro atoms. The first-order valence-corrected chi connectivity index (χ1v) is 4.50. The van der Waals surface area contributed by atoms with Gasteiger partial charge in [0.1, 0.15) is 0 Å². The van der Waals surface area contributed by atoms with Gasteiger partial charge in [0, 0.05) is 5.69 Å². The van der Waals surface area contributed by atoms with E-state index in [1.165, 1.54) is 25.0 Å². The predicted octanol–water partition coefficient (Wildman–Crippen LogP) is 3.04. The number of halogens is 1. The lowest BCUT2D eigenvalue weighted by Crippen LogP contribution is -2.08. The summed E-state index contributed by atoms with van der Waals surface area (Å²) in [7, 11) is 0. The summed E-state index contributed by atoms with van der Waals surface area (Å²) >= 11 is 3.40. The van der Waals surface area contributed by atoms with E-state index < -0.39 is 0 Å². The van der Waals surface area contributed by atoms with E-state index in [1.807, 2.05) is 0 Å². The van der Waals surface area contributed by atoms with Gasteiger partial charge < -0.3 is 4.98 Å². The molecule has 2 rings (SSSR count). The molecule has 54 valence electrons. The SMILES string of the molecule is Brc1ccc(C2CCC2)[nH]1. The van der Waals surface area contributed by atoms with Crippen LogP contribution in [0.4, 0.5) is 0 Å². The molecule has 2 heteroatoms. The Bertz CT molecular complexity index is 225. The summed E-state index contributed by atoms with van der Waals surface area (Å²) in [5, 5.41) is 0. The van der Waals surface area contributed by atoms with Crippen LogP contribution in [0.15, 0.2) is 16.7 Å². The predicted molar refractivity (Wildman–Crippen MR) is 45.1 cm³/mol. The Morgan fingerprint density at radius 2 is 2.20 bits per heavy atom. The van der Waals surface area contributed by atoms with Crippen molar-refractivity contribution in [2.75, 3.05) is 0 Å². The molecule has 1 fully saturated rings. The first-order valence-electron chi connectivity index (χ1n) is 3.70. The Morgan fingerprint density at radius 3 is 2.60 bits per heavy atom. The van der Waals surface area contributed by atoms with Crippen molar-refractivity contribution in [1.82, 2.24) is 4.98 Å². The zero-order valence-corrected chi connectivity index (χ0v) is 7.32. The van der Waals surface area contributed by atoms with Gasteiger partial charge in [-0.1, -0.05) is 6.42 Å². The quantitative estimate of drug-likeness (QED) is 0.717. The minimum absolute atomic E-state index is 0.825. The van der Waals surface area contributed by atoms with Crippen LogP contribution in [0.2, 0.25) is 0 Å². The summed E-state index contributed by atoms with van der Waals surface area (Å²) in [6.45, 7) is 0. The molecule has 0 radical (unpaired) electrons. The molecular formula is C8H10BrN. The smallest absolute Gasteiger partial charge is 0.0822 e. The van der Waals surface area contributed by atoms with Crippen molar-refractivity contribution in [3.63, 3.8) is 0 Å². The van der Waals surface area contributed by atoms with Gasteiger partial charge in [0.05, 0.1) is 4.60 Å². The minimum Gasteiger partial charge on any atom is -0.353 e. The number of nitrogens with one attached hydrogen (secondary N) is 1. The second kappa shape index (κ2) is 2.42. The molecule has 1 N–H and O–H groups in total. The van der Waals surface area contributed by atoms with E-state index in [0.717, 1.165) is 10.5 Å². The van der Waals surface area contributed by atoms with Crippen LogP contribution in [0.5, 0.6) is 0 Å². The maximum absolute atomic E-state index is 3.40. The average molecular weight is 200 g/mol. The summed E-state index contributed by atoms with van der Waals surface area (Å²) in [6, 6.07) is 4.25. The molecule has 0 aromatic carbocycles. The van der Waals surface area contributed by atoms with Gasteiger partial charge in [-0.15, -0.1) is 0 Å². The zero-order valence-electron chi connectivity index (χ0n) is 5.73. The number of hydrogen-bond donors (Lipinski definition) is 1. The van der Waals surface area contributed by atoms with Crippen LogP contribution in [-0.4, -0.2) is 4.98 Å². The summed E-state index contributed by atoms with van der Waals surface area (Å²) in [5.74, 6) is 0.825. The third-order valence-corrected chi connectivity index (χ3v) is 2.68. The molecular weight excluding hydrogens is 190 g/mol. The largest absolute Gasteiger partial charge is 0.353 e. The van der Waals surface area contributed by atoms with Crippen LogP contribution in [0, 0.1) is 0 Å². The summed E-state index contributed by atoms with van der Waals surface area (Å²) in [6.07, 6.45) is 4.14. The third-order valence-electron chi connectivity index (χ3n) is 2.22. The lowest BCUT2D eigenvalue weighted by atomic mass is 9.83. The van der Waals surface area contributed by atoms with E-state index in [2.05, 4.69) is 33.0 Å². The molecule has 1 saturated carbocycles. The third kappa shape index (κ3) is 1.01. The van der Waals surface area contributed by atoms with Crippen LogP contribution in [0.3, 0.4) is 0 Å². The van der Waals surface area contributed by atoms with Crippen molar-refractivity contribution in [3.05, 3.63) is 22.4 Å². The van der Waals surface area contributed by atoms with E-state index in [4.69, 9.17) is 0 Å². The molecule has 1 aliphatic rings. The molecule has 10 heavy (non-hydrogen) atoms. The number of rotatable bonds is 1. The van der Waals surface area contributed by atoms with Gasteiger partial charge in [-0.3, -0.25) is 0 Å². The highest BCUT2D eigenvalue weighted by atomic mass is 79.9. The standard InChI is InChI=1S/C8H10BrN/c9-8-5-4-7(10-8)6-2-1-3-6/h4-6,10H,1-3H2. The highest BCUT2D eigenvalue weighted by molar-refractivity contribution is 9.10. The first-order chi connectivity index (χ1) is 4.86. The topological polar surface area (TPSA) is 15.8 Å². The maximum atomic E-state index is 3.40. The van der Waals surface area contributed by atoms with E-state index in [1.54, 1.807) is 0 Å². The second-order valence-corrected chi connectivity index (χ2v) is 3.74. The van der Waals surface area contributed by atoms with Crippen molar-refractivity contribution >= 4 is 15.9 Å². The van der Waals surface area contributed by atoms with E-state index in [-0.39, 0.29) is 0 Å². The molecule has 0 amide bonds. The fourth-order valence-corrected chi connectivity index (χ4v) is 1.70. The zero-order chi connectivity index (χ0) is 6.97. The van der Waals surface area contributed by atoms with Gasteiger partial charge in [-0.2, -0.15) is 0 Å². The van der Waals surface area contributed by atoms with Gasteiger partial charge in [0.15, 0.2) is 0 Å². The van der Waals surface area contributed by atoms with Gasteiger partial charge in [0.25, 0.3) is 0 Å². The monoisotopic (exact) mass is 199 g/mol. The lowest BCUT2D eigenvalue weighted by Gasteiger charge is -2.23. The molecule has 0 bridgehead atoms. The number of H-pyrrole nitrogens is 1. The molecule has 0 atom stereocenters. The molecule has 1 heterocycles. The van der Waals surface area contributed by atoms with Gasteiger partial charge in [0.2, 0.25) is 0 Å². The van der Waals surface area contributed by atoms with E-state index in [9.17, 15) is 0 Å². The Balaban J connectivity index is 2.17. The Morgan fingerprint density at radius 1 is 1.40 bits per heavy atom. The van der Waals surface area contributed by atoms with Gasteiger partial charge >= 0.3 is 0 Å². The molecule has 0 saturated heterocycles. The minimum atomic E-state index is 0.825. The van der Waals surface area contributed by atoms with Crippen LogP contribution >= 0.6 is 15.9 Å². The normalized spacial score (nSPS) is 18.9. The molecule has 1 aromatic heterocycles. The number of aromatic amines is 1. The number of hydrogen-bond acceptors (Lipinski definition) is 0. The highest BCUT2D eigenvalue weighted by Crippen LogP contribution is 2.35. The fraction of sp³-hybridized carbons (Fsp3) is 0.500. The fourth-order valence-electron chi connectivity index (χ4n) is 1.34. The van der Waals surface area contributed by atoms with Gasteiger partial charge in [-0.25, -0.2) is 0 Å². The molecule has 1 aromatic rings. The van der Waals surface area contributed by atoms with Crippen LogP contribution in [0.1, 0.15) is 30.9 Å². The lowest BCUT2D eigenvalue weighted by molar-refractivity contribution is 0.412. The Kier molecular flexibility index (Phi) is 1.57. The van der Waals surface area contributed by atoms with Crippen LogP contribution in [0.25, 0.3) is 0 Å². The van der Waals surface area contributed by atoms with Crippen molar-refractivity contribution in [2.45, 2.75) is 25.2 Å².